The molecule has 4 rings (SSSR count). The number of benzene rings is 2. The van der Waals surface area contributed by atoms with Gasteiger partial charge in [0, 0.05) is 31.7 Å². The molecule has 1 aliphatic heterocycles. The Hall–Kier alpha value is -2.04. The molecular weight excluding hydrogens is 492 g/mol. The molecule has 1 fully saturated rings. The van der Waals surface area contributed by atoms with Gasteiger partial charge >= 0.3 is 0 Å². The fraction of sp³-hybridized carbons (Fsp3) is 0.417. The van der Waals surface area contributed by atoms with Crippen molar-refractivity contribution in [2.45, 2.75) is 31.6 Å². The summed E-state index contributed by atoms with van der Waals surface area (Å²) >= 11 is 1.50. The van der Waals surface area contributed by atoms with E-state index in [0.717, 1.165) is 28.6 Å². The van der Waals surface area contributed by atoms with Gasteiger partial charge in [0.1, 0.15) is 0 Å². The second kappa shape index (κ2) is 10.7. The van der Waals surface area contributed by atoms with E-state index in [1.54, 1.807) is 17.0 Å². The molecule has 0 unspecified atom stereocenters. The molecule has 2 aromatic carbocycles. The zero-order chi connectivity index (χ0) is 23.8. The number of aromatic nitrogens is 1. The van der Waals surface area contributed by atoms with Crippen LogP contribution in [0.25, 0.3) is 10.2 Å². The van der Waals surface area contributed by atoms with E-state index < -0.39 is 10.0 Å². The summed E-state index contributed by atoms with van der Waals surface area (Å²) in [5, 5.41) is 0.652. The smallest absolute Gasteiger partial charge is 0.260 e. The minimum Gasteiger partial charge on any atom is -0.308 e. The molecule has 1 aliphatic rings. The van der Waals surface area contributed by atoms with Crippen LogP contribution in [-0.2, 0) is 10.0 Å². The summed E-state index contributed by atoms with van der Waals surface area (Å²) in [7, 11) is 0.420. The van der Waals surface area contributed by atoms with Crippen LogP contribution in [0.15, 0.2) is 41.3 Å². The standard InChI is InChI=1S/C24H30N4O3S2.ClH/c1-17-7-12-21-22(18(17)2)25-24(32-21)28(16-15-26(3)4)23(29)19-8-10-20(11-9-19)33(30,31)27-13-5-6-14-27;/h7-12H,5-6,13-16H2,1-4H3;1H. The van der Waals surface area contributed by atoms with E-state index in [0.29, 0.717) is 36.9 Å². The molecular formula is C24H31ClN4O3S2. The number of carbonyl (C=O) groups is 1. The number of hydrogen-bond donors (Lipinski definition) is 0. The summed E-state index contributed by atoms with van der Waals surface area (Å²) in [4.78, 5) is 22.3. The first kappa shape index (κ1) is 26.6. The maximum absolute atomic E-state index is 13.5. The van der Waals surface area contributed by atoms with Crippen LogP contribution < -0.4 is 4.90 Å². The molecule has 10 heteroatoms. The fourth-order valence-electron chi connectivity index (χ4n) is 3.92. The van der Waals surface area contributed by atoms with E-state index in [2.05, 4.69) is 13.0 Å². The van der Waals surface area contributed by atoms with Crippen LogP contribution >= 0.6 is 23.7 Å². The lowest BCUT2D eigenvalue weighted by atomic mass is 10.1. The lowest BCUT2D eigenvalue weighted by molar-refractivity contribution is 0.0985. The predicted molar refractivity (Wildman–Crippen MR) is 141 cm³/mol. The molecule has 0 saturated carbocycles. The molecule has 0 bridgehead atoms. The Labute approximate surface area is 211 Å². The summed E-state index contributed by atoms with van der Waals surface area (Å²) in [6, 6.07) is 10.4. The van der Waals surface area contributed by atoms with E-state index in [9.17, 15) is 13.2 Å². The van der Waals surface area contributed by atoms with E-state index >= 15 is 0 Å². The topological polar surface area (TPSA) is 73.8 Å². The minimum atomic E-state index is -3.51. The van der Waals surface area contributed by atoms with Gasteiger partial charge in [0.25, 0.3) is 5.91 Å². The second-order valence-electron chi connectivity index (χ2n) is 8.75. The predicted octanol–water partition coefficient (Wildman–Crippen LogP) is 4.33. The van der Waals surface area contributed by atoms with E-state index in [-0.39, 0.29) is 23.2 Å². The lowest BCUT2D eigenvalue weighted by Crippen LogP contribution is -2.36. The zero-order valence-electron chi connectivity index (χ0n) is 19.9. The van der Waals surface area contributed by atoms with Gasteiger partial charge in [-0.2, -0.15) is 4.31 Å². The first-order valence-electron chi connectivity index (χ1n) is 11.1. The quantitative estimate of drug-likeness (QED) is 0.462. The van der Waals surface area contributed by atoms with Crippen molar-refractivity contribution >= 4 is 55.0 Å². The monoisotopic (exact) mass is 522 g/mol. The van der Waals surface area contributed by atoms with Crippen LogP contribution in [0.1, 0.15) is 34.3 Å². The highest BCUT2D eigenvalue weighted by Crippen LogP contribution is 2.32. The van der Waals surface area contributed by atoms with Crippen molar-refractivity contribution in [1.29, 1.82) is 0 Å². The Balaban J connectivity index is 0.00000324. The molecule has 184 valence electrons. The number of rotatable bonds is 7. The average molecular weight is 523 g/mol. The molecule has 1 amide bonds. The van der Waals surface area contributed by atoms with Crippen LogP contribution in [0, 0.1) is 13.8 Å². The molecule has 7 nitrogen and oxygen atoms in total. The largest absolute Gasteiger partial charge is 0.308 e. The van der Waals surface area contributed by atoms with Gasteiger partial charge < -0.3 is 4.90 Å². The number of likely N-dealkylation sites (N-methyl/N-ethyl adjacent to an activating group) is 1. The second-order valence-corrected chi connectivity index (χ2v) is 11.7. The van der Waals surface area contributed by atoms with Crippen molar-refractivity contribution in [3.63, 3.8) is 0 Å². The number of amides is 1. The van der Waals surface area contributed by atoms with Crippen LogP contribution in [-0.4, -0.2) is 68.8 Å². The molecule has 0 radical (unpaired) electrons. The summed E-state index contributed by atoms with van der Waals surface area (Å²) in [5.74, 6) is -0.185. The normalized spacial score (nSPS) is 14.5. The molecule has 34 heavy (non-hydrogen) atoms. The van der Waals surface area contributed by atoms with Crippen LogP contribution in [0.3, 0.4) is 0 Å². The average Bonchev–Trinajstić information content (AvgIpc) is 3.47. The number of nitrogens with zero attached hydrogens (tertiary/aromatic N) is 4. The van der Waals surface area contributed by atoms with Crippen molar-refractivity contribution < 1.29 is 13.2 Å². The van der Waals surface area contributed by atoms with Crippen LogP contribution in [0.4, 0.5) is 5.13 Å². The number of carbonyl (C=O) groups excluding carboxylic acids is 1. The number of anilines is 1. The number of fused-ring (bicyclic) bond motifs is 1. The Kier molecular flexibility index (Phi) is 8.36. The minimum absolute atomic E-state index is 0. The Morgan fingerprint density at radius 1 is 1.03 bits per heavy atom. The Bertz CT molecular complexity index is 1270. The molecule has 1 saturated heterocycles. The summed E-state index contributed by atoms with van der Waals surface area (Å²) in [6.45, 7) is 6.38. The summed E-state index contributed by atoms with van der Waals surface area (Å²) < 4.78 is 28.2. The van der Waals surface area contributed by atoms with Gasteiger partial charge in [-0.25, -0.2) is 13.4 Å². The van der Waals surface area contributed by atoms with Crippen molar-refractivity contribution in [3.05, 3.63) is 53.1 Å². The third-order valence-corrected chi connectivity index (χ3v) is 9.08. The van der Waals surface area contributed by atoms with Gasteiger partial charge in [0.15, 0.2) is 5.13 Å². The molecule has 0 atom stereocenters. The highest BCUT2D eigenvalue weighted by molar-refractivity contribution is 7.89. The fourth-order valence-corrected chi connectivity index (χ4v) is 6.48. The van der Waals surface area contributed by atoms with Gasteiger partial charge in [-0.3, -0.25) is 9.69 Å². The first-order valence-corrected chi connectivity index (χ1v) is 13.4. The third-order valence-electron chi connectivity index (χ3n) is 6.12. The van der Waals surface area contributed by atoms with Gasteiger partial charge in [-0.05, 0) is 82.2 Å². The summed E-state index contributed by atoms with van der Waals surface area (Å²) in [5.41, 5.74) is 3.65. The lowest BCUT2D eigenvalue weighted by Gasteiger charge is -2.22. The Morgan fingerprint density at radius 3 is 2.29 bits per heavy atom. The Morgan fingerprint density at radius 2 is 1.68 bits per heavy atom. The number of thiazole rings is 1. The van der Waals surface area contributed by atoms with Gasteiger partial charge in [0.05, 0.1) is 15.1 Å². The highest BCUT2D eigenvalue weighted by atomic mass is 35.5. The van der Waals surface area contributed by atoms with Crippen molar-refractivity contribution in [3.8, 4) is 0 Å². The molecule has 2 heterocycles. The third kappa shape index (κ3) is 5.28. The van der Waals surface area contributed by atoms with Gasteiger partial charge in [-0.15, -0.1) is 12.4 Å². The van der Waals surface area contributed by atoms with E-state index in [1.807, 2.05) is 32.0 Å². The maximum atomic E-state index is 13.5. The van der Waals surface area contributed by atoms with E-state index in [4.69, 9.17) is 4.98 Å². The molecule has 3 aromatic rings. The van der Waals surface area contributed by atoms with Crippen molar-refractivity contribution in [1.82, 2.24) is 14.2 Å². The van der Waals surface area contributed by atoms with Crippen LogP contribution in [0.2, 0.25) is 0 Å². The number of halogens is 1. The molecule has 1 aromatic heterocycles. The zero-order valence-corrected chi connectivity index (χ0v) is 22.4. The summed E-state index contributed by atoms with van der Waals surface area (Å²) in [6.07, 6.45) is 1.77. The number of aryl methyl sites for hydroxylation is 2. The molecule has 0 aliphatic carbocycles. The first-order chi connectivity index (χ1) is 15.7. The number of hydrogen-bond acceptors (Lipinski definition) is 6. The molecule has 0 spiro atoms. The number of sulfonamides is 1. The molecule has 0 N–H and O–H groups in total. The van der Waals surface area contributed by atoms with Gasteiger partial charge in [0.2, 0.25) is 10.0 Å². The van der Waals surface area contributed by atoms with Gasteiger partial charge in [-0.1, -0.05) is 17.4 Å². The van der Waals surface area contributed by atoms with Crippen molar-refractivity contribution in [2.75, 3.05) is 45.2 Å². The highest BCUT2D eigenvalue weighted by Gasteiger charge is 2.28. The van der Waals surface area contributed by atoms with E-state index in [1.165, 1.54) is 33.3 Å². The van der Waals surface area contributed by atoms with Crippen molar-refractivity contribution in [2.24, 2.45) is 0 Å². The SMILES string of the molecule is Cc1ccc2sc(N(CCN(C)C)C(=O)c3ccc(S(=O)(=O)N4CCCC4)cc3)nc2c1C.Cl. The van der Waals surface area contributed by atoms with Crippen LogP contribution in [0.5, 0.6) is 0 Å². The maximum Gasteiger partial charge on any atom is 0.260 e.